The number of nitrogens with one attached hydrogen (secondary N) is 1. The molecule has 1 atom stereocenters. The lowest BCUT2D eigenvalue weighted by molar-refractivity contribution is 0.150. The Morgan fingerprint density at radius 1 is 1.06 bits per heavy atom. The van der Waals surface area contributed by atoms with Gasteiger partial charge in [-0.1, -0.05) is 74.6 Å². The van der Waals surface area contributed by atoms with Gasteiger partial charge in [0, 0.05) is 24.2 Å². The van der Waals surface area contributed by atoms with E-state index in [1.165, 1.54) is 30.4 Å². The molecule has 0 spiro atoms. The molecule has 2 aromatic carbocycles. The third kappa shape index (κ3) is 5.41. The summed E-state index contributed by atoms with van der Waals surface area (Å²) in [7, 11) is 0. The quantitative estimate of drug-likeness (QED) is 0.321. The first-order chi connectivity index (χ1) is 17.6. The number of pyridine rings is 1. The second-order valence-electron chi connectivity index (χ2n) is 10.2. The number of hydrogen-bond donors (Lipinski definition) is 1. The second-order valence-corrected chi connectivity index (χ2v) is 10.2. The number of rotatable bonds is 9. The molecule has 0 radical (unpaired) electrons. The third-order valence-corrected chi connectivity index (χ3v) is 7.42. The zero-order valence-electron chi connectivity index (χ0n) is 21.4. The highest BCUT2D eigenvalue weighted by atomic mass is 16.1. The van der Waals surface area contributed by atoms with Gasteiger partial charge in [0.15, 0.2) is 5.82 Å². The summed E-state index contributed by atoms with van der Waals surface area (Å²) in [4.78, 5) is 18.6. The van der Waals surface area contributed by atoms with Gasteiger partial charge >= 0.3 is 0 Å². The van der Waals surface area contributed by atoms with Gasteiger partial charge < -0.3 is 4.98 Å². The number of fused-ring (bicyclic) bond motifs is 1. The number of tetrazole rings is 1. The molecule has 1 aliphatic carbocycles. The number of aromatic amines is 1. The van der Waals surface area contributed by atoms with Gasteiger partial charge in [-0.25, -0.2) is 4.68 Å². The molecule has 1 saturated carbocycles. The van der Waals surface area contributed by atoms with Crippen LogP contribution in [0.4, 0.5) is 0 Å². The summed E-state index contributed by atoms with van der Waals surface area (Å²) in [5.41, 5.74) is 3.99. The van der Waals surface area contributed by atoms with E-state index in [0.717, 1.165) is 48.0 Å². The maximum absolute atomic E-state index is 13.2. The fraction of sp³-hybridized carbons (Fsp3) is 0.448. The molecule has 1 N–H and O–H groups in total. The van der Waals surface area contributed by atoms with E-state index in [2.05, 4.69) is 74.3 Å². The second kappa shape index (κ2) is 11.2. The Labute approximate surface area is 212 Å². The van der Waals surface area contributed by atoms with Crippen LogP contribution in [0.25, 0.3) is 10.9 Å². The van der Waals surface area contributed by atoms with Gasteiger partial charge in [-0.2, -0.15) is 0 Å². The van der Waals surface area contributed by atoms with Gasteiger partial charge in [0.05, 0.1) is 12.1 Å². The van der Waals surface area contributed by atoms with Crippen LogP contribution in [-0.2, 0) is 13.1 Å². The van der Waals surface area contributed by atoms with Gasteiger partial charge in [0.1, 0.15) is 0 Å². The molecule has 2 heterocycles. The van der Waals surface area contributed by atoms with Crippen LogP contribution in [-0.4, -0.2) is 30.1 Å². The Morgan fingerprint density at radius 3 is 2.64 bits per heavy atom. The van der Waals surface area contributed by atoms with E-state index in [1.54, 1.807) is 0 Å². The Kier molecular flexibility index (Phi) is 7.56. The normalized spacial score (nSPS) is 15.5. The van der Waals surface area contributed by atoms with Gasteiger partial charge in [-0.15, -0.1) is 5.10 Å². The monoisotopic (exact) mass is 484 g/mol. The van der Waals surface area contributed by atoms with Gasteiger partial charge in [-0.3, -0.25) is 9.69 Å². The maximum Gasteiger partial charge on any atom is 0.252 e. The first-order valence-electron chi connectivity index (χ1n) is 13.3. The van der Waals surface area contributed by atoms with Crippen molar-refractivity contribution in [2.24, 2.45) is 0 Å². The van der Waals surface area contributed by atoms with E-state index in [-0.39, 0.29) is 11.6 Å². The van der Waals surface area contributed by atoms with Crippen molar-refractivity contribution in [3.63, 3.8) is 0 Å². The van der Waals surface area contributed by atoms with Crippen molar-refractivity contribution in [3.8, 4) is 0 Å². The number of aromatic nitrogens is 5. The summed E-state index contributed by atoms with van der Waals surface area (Å²) < 4.78 is 2.09. The van der Waals surface area contributed by atoms with Gasteiger partial charge in [0.2, 0.25) is 0 Å². The summed E-state index contributed by atoms with van der Waals surface area (Å²) in [5, 5.41) is 14.2. The summed E-state index contributed by atoms with van der Waals surface area (Å²) >= 11 is 0. The average molecular weight is 485 g/mol. The topological polar surface area (TPSA) is 79.7 Å². The molecule has 0 amide bonds. The molecule has 7 nitrogen and oxygen atoms in total. The molecule has 36 heavy (non-hydrogen) atoms. The predicted molar refractivity (Wildman–Crippen MR) is 143 cm³/mol. The molecular weight excluding hydrogens is 448 g/mol. The Hall–Kier alpha value is -3.32. The number of nitrogens with zero attached hydrogens (tertiary/aromatic N) is 5. The minimum atomic E-state index is -0.0356. The standard InChI is InChI=1S/C29H36N6O/c1-3-10-27(28-31-32-33-35(28)25-13-8-5-9-14-25)34(19-22-11-6-4-7-12-22)20-24-18-23-17-21(2)15-16-26(23)30-29(24)36/h4,6-7,11-12,15-18,25,27H,3,5,8-10,13-14,19-20H2,1-2H3,(H,30,36)/t27-/m0/s1. The van der Waals surface area contributed by atoms with Crippen molar-refractivity contribution in [1.82, 2.24) is 30.1 Å². The van der Waals surface area contributed by atoms with Crippen LogP contribution < -0.4 is 5.56 Å². The molecule has 4 aromatic rings. The minimum absolute atomic E-state index is 0.0136. The van der Waals surface area contributed by atoms with Crippen molar-refractivity contribution < 1.29 is 0 Å². The molecule has 0 saturated heterocycles. The summed E-state index contributed by atoms with van der Waals surface area (Å²) in [6.45, 7) is 5.52. The highest BCUT2D eigenvalue weighted by Gasteiger charge is 2.29. The highest BCUT2D eigenvalue weighted by molar-refractivity contribution is 5.79. The lowest BCUT2D eigenvalue weighted by Crippen LogP contribution is -2.33. The Balaban J connectivity index is 1.54. The van der Waals surface area contributed by atoms with Crippen molar-refractivity contribution in [3.05, 3.63) is 87.5 Å². The van der Waals surface area contributed by atoms with Crippen LogP contribution in [0.2, 0.25) is 0 Å². The van der Waals surface area contributed by atoms with Crippen LogP contribution >= 0.6 is 0 Å². The molecular formula is C29H36N6O. The lowest BCUT2D eigenvalue weighted by Gasteiger charge is -2.32. The van der Waals surface area contributed by atoms with E-state index < -0.39 is 0 Å². The molecule has 188 valence electrons. The van der Waals surface area contributed by atoms with Crippen LogP contribution in [0.15, 0.2) is 59.4 Å². The molecule has 7 heteroatoms. The van der Waals surface area contributed by atoms with E-state index in [0.29, 0.717) is 19.1 Å². The molecule has 5 rings (SSSR count). The minimum Gasteiger partial charge on any atom is -0.322 e. The van der Waals surface area contributed by atoms with Crippen molar-refractivity contribution in [2.45, 2.75) is 84.0 Å². The summed E-state index contributed by atoms with van der Waals surface area (Å²) in [6.07, 6.45) is 7.91. The average Bonchev–Trinajstić information content (AvgIpc) is 3.38. The van der Waals surface area contributed by atoms with Crippen LogP contribution in [0, 0.1) is 6.92 Å². The third-order valence-electron chi connectivity index (χ3n) is 7.42. The predicted octanol–water partition coefficient (Wildman–Crippen LogP) is 5.87. The first kappa shape index (κ1) is 24.4. The van der Waals surface area contributed by atoms with E-state index in [9.17, 15) is 4.79 Å². The zero-order chi connectivity index (χ0) is 24.9. The summed E-state index contributed by atoms with van der Waals surface area (Å²) in [6, 6.07) is 19.0. The molecule has 0 bridgehead atoms. The van der Waals surface area contributed by atoms with Crippen molar-refractivity contribution in [1.29, 1.82) is 0 Å². The van der Waals surface area contributed by atoms with Crippen LogP contribution in [0.5, 0.6) is 0 Å². The summed E-state index contributed by atoms with van der Waals surface area (Å²) in [5.74, 6) is 0.924. The largest absolute Gasteiger partial charge is 0.322 e. The Bertz CT molecular complexity index is 1340. The van der Waals surface area contributed by atoms with Crippen LogP contribution in [0.3, 0.4) is 0 Å². The zero-order valence-corrected chi connectivity index (χ0v) is 21.4. The molecule has 0 unspecified atom stereocenters. The SMILES string of the molecule is CCC[C@@H](c1nnnn1C1CCCCC1)N(Cc1ccccc1)Cc1cc2cc(C)ccc2[nH]c1=O. The van der Waals surface area contributed by atoms with E-state index in [1.807, 2.05) is 24.3 Å². The fourth-order valence-electron chi connectivity index (χ4n) is 5.56. The number of benzene rings is 2. The smallest absolute Gasteiger partial charge is 0.252 e. The lowest BCUT2D eigenvalue weighted by atomic mass is 9.95. The number of aryl methyl sites for hydroxylation is 1. The van der Waals surface area contributed by atoms with Crippen molar-refractivity contribution >= 4 is 10.9 Å². The molecule has 1 fully saturated rings. The number of hydrogen-bond acceptors (Lipinski definition) is 5. The van der Waals surface area contributed by atoms with Gasteiger partial charge in [0.25, 0.3) is 5.56 Å². The maximum atomic E-state index is 13.2. The van der Waals surface area contributed by atoms with Crippen LogP contribution in [0.1, 0.15) is 86.5 Å². The fourth-order valence-corrected chi connectivity index (χ4v) is 5.56. The van der Waals surface area contributed by atoms with Gasteiger partial charge in [-0.05, 0) is 65.8 Å². The Morgan fingerprint density at radius 2 is 1.86 bits per heavy atom. The highest BCUT2D eigenvalue weighted by Crippen LogP contribution is 2.33. The molecule has 2 aromatic heterocycles. The first-order valence-corrected chi connectivity index (χ1v) is 13.3. The van der Waals surface area contributed by atoms with E-state index >= 15 is 0 Å². The number of H-pyrrole nitrogens is 1. The molecule has 0 aliphatic heterocycles. The molecule has 1 aliphatic rings. The van der Waals surface area contributed by atoms with E-state index in [4.69, 9.17) is 0 Å². The van der Waals surface area contributed by atoms with Crippen molar-refractivity contribution in [2.75, 3.05) is 0 Å².